The summed E-state index contributed by atoms with van der Waals surface area (Å²) in [6, 6.07) is 7.59. The standard InChI is InChI=1S/C11H11Cl2NO2/c1-7(15)16-14-10-5-3-2-4-8(10)6-9(12)11(14)13/h2-5,9,11H,6H2,1H3. The lowest BCUT2D eigenvalue weighted by atomic mass is 10.0. The molecule has 2 atom stereocenters. The molecule has 0 bridgehead atoms. The third kappa shape index (κ3) is 2.11. The number of carbonyl (C=O) groups excluding carboxylic acids is 1. The molecule has 1 aliphatic heterocycles. The highest BCUT2D eigenvalue weighted by molar-refractivity contribution is 6.31. The summed E-state index contributed by atoms with van der Waals surface area (Å²) in [6.07, 6.45) is 0.670. The van der Waals surface area contributed by atoms with Gasteiger partial charge in [-0.2, -0.15) is 5.06 Å². The summed E-state index contributed by atoms with van der Waals surface area (Å²) in [5.74, 6) is -0.411. The third-order valence-corrected chi connectivity index (χ3v) is 3.40. The second-order valence-corrected chi connectivity index (χ2v) is 4.64. The largest absolute Gasteiger partial charge is 0.340 e. The Bertz CT molecular complexity index is 411. The maximum Gasteiger partial charge on any atom is 0.329 e. The monoisotopic (exact) mass is 259 g/mol. The molecule has 1 aromatic carbocycles. The lowest BCUT2D eigenvalue weighted by Crippen LogP contribution is -2.43. The van der Waals surface area contributed by atoms with E-state index in [9.17, 15) is 4.79 Å². The smallest absolute Gasteiger partial charge is 0.329 e. The van der Waals surface area contributed by atoms with Gasteiger partial charge in [0.05, 0.1) is 11.1 Å². The molecule has 0 aliphatic carbocycles. The molecule has 0 saturated carbocycles. The summed E-state index contributed by atoms with van der Waals surface area (Å²) in [6.45, 7) is 1.34. The number of benzene rings is 1. The zero-order valence-electron chi connectivity index (χ0n) is 8.69. The molecule has 1 aromatic rings. The van der Waals surface area contributed by atoms with Crippen molar-refractivity contribution in [1.82, 2.24) is 0 Å². The Balaban J connectivity index is 2.37. The van der Waals surface area contributed by atoms with Gasteiger partial charge >= 0.3 is 5.97 Å². The molecule has 0 spiro atoms. The fourth-order valence-electron chi connectivity index (χ4n) is 1.72. The second-order valence-electron chi connectivity index (χ2n) is 3.63. The van der Waals surface area contributed by atoms with Gasteiger partial charge in [-0.15, -0.1) is 11.6 Å². The van der Waals surface area contributed by atoms with Crippen LogP contribution < -0.4 is 5.06 Å². The average molecular weight is 260 g/mol. The van der Waals surface area contributed by atoms with Crippen LogP contribution in [-0.4, -0.2) is 16.8 Å². The van der Waals surface area contributed by atoms with Gasteiger partial charge in [-0.1, -0.05) is 29.8 Å². The Kier molecular flexibility index (Phi) is 3.26. The molecule has 1 aliphatic rings. The van der Waals surface area contributed by atoms with Gasteiger partial charge in [0.2, 0.25) is 0 Å². The first kappa shape index (κ1) is 11.6. The maximum absolute atomic E-state index is 11.0. The topological polar surface area (TPSA) is 29.5 Å². The van der Waals surface area contributed by atoms with Crippen molar-refractivity contribution < 1.29 is 9.63 Å². The molecule has 1 heterocycles. The van der Waals surface area contributed by atoms with E-state index in [-0.39, 0.29) is 5.38 Å². The molecule has 0 amide bonds. The number of fused-ring (bicyclic) bond motifs is 1. The molecule has 0 radical (unpaired) electrons. The lowest BCUT2D eigenvalue weighted by Gasteiger charge is -2.35. The van der Waals surface area contributed by atoms with Gasteiger partial charge in [0.25, 0.3) is 0 Å². The fraction of sp³-hybridized carbons (Fsp3) is 0.364. The van der Waals surface area contributed by atoms with Crippen molar-refractivity contribution in [2.45, 2.75) is 24.2 Å². The SMILES string of the molecule is CC(=O)ON1c2ccccc2CC(Cl)C1Cl. The van der Waals surface area contributed by atoms with E-state index in [1.165, 1.54) is 12.0 Å². The van der Waals surface area contributed by atoms with Gasteiger partial charge in [-0.05, 0) is 18.1 Å². The molecular weight excluding hydrogens is 249 g/mol. The van der Waals surface area contributed by atoms with Crippen LogP contribution >= 0.6 is 23.2 Å². The van der Waals surface area contributed by atoms with Crippen molar-refractivity contribution in [2.75, 3.05) is 5.06 Å². The van der Waals surface area contributed by atoms with E-state index >= 15 is 0 Å². The van der Waals surface area contributed by atoms with Crippen molar-refractivity contribution in [1.29, 1.82) is 0 Å². The van der Waals surface area contributed by atoms with Gasteiger partial charge in [0.15, 0.2) is 5.50 Å². The minimum Gasteiger partial charge on any atom is -0.340 e. The average Bonchev–Trinajstić information content (AvgIpc) is 2.24. The first-order valence-electron chi connectivity index (χ1n) is 4.93. The highest BCUT2D eigenvalue weighted by atomic mass is 35.5. The van der Waals surface area contributed by atoms with Gasteiger partial charge in [-0.3, -0.25) is 4.79 Å². The van der Waals surface area contributed by atoms with Crippen LogP contribution in [0.2, 0.25) is 0 Å². The summed E-state index contributed by atoms with van der Waals surface area (Å²) in [7, 11) is 0. The van der Waals surface area contributed by atoms with Crippen molar-refractivity contribution in [3.63, 3.8) is 0 Å². The summed E-state index contributed by atoms with van der Waals surface area (Å²) >= 11 is 12.2. The Labute approximate surface area is 104 Å². The highest BCUT2D eigenvalue weighted by Gasteiger charge is 2.33. The maximum atomic E-state index is 11.0. The number of hydrogen-bond acceptors (Lipinski definition) is 3. The van der Waals surface area contributed by atoms with Crippen LogP contribution in [0, 0.1) is 0 Å². The number of hydroxylamine groups is 1. The number of halogens is 2. The lowest BCUT2D eigenvalue weighted by molar-refractivity contribution is -0.143. The van der Waals surface area contributed by atoms with Gasteiger partial charge in [-0.25, -0.2) is 0 Å². The van der Waals surface area contributed by atoms with Crippen molar-refractivity contribution in [3.8, 4) is 0 Å². The van der Waals surface area contributed by atoms with Gasteiger partial charge < -0.3 is 4.84 Å². The quantitative estimate of drug-likeness (QED) is 0.574. The number of nitrogens with zero attached hydrogens (tertiary/aromatic N) is 1. The Morgan fingerprint density at radius 3 is 2.81 bits per heavy atom. The Morgan fingerprint density at radius 1 is 1.44 bits per heavy atom. The molecule has 2 unspecified atom stereocenters. The van der Waals surface area contributed by atoms with E-state index in [0.717, 1.165) is 11.3 Å². The zero-order chi connectivity index (χ0) is 11.7. The Morgan fingerprint density at radius 2 is 2.12 bits per heavy atom. The molecule has 3 nitrogen and oxygen atoms in total. The molecule has 0 aromatic heterocycles. The normalized spacial score (nSPS) is 23.8. The first-order chi connectivity index (χ1) is 7.59. The van der Waals surface area contributed by atoms with E-state index in [0.29, 0.717) is 6.42 Å². The molecule has 0 N–H and O–H groups in total. The highest BCUT2D eigenvalue weighted by Crippen LogP contribution is 2.34. The van der Waals surface area contributed by atoms with Crippen LogP contribution in [0.1, 0.15) is 12.5 Å². The van der Waals surface area contributed by atoms with E-state index in [1.807, 2.05) is 24.3 Å². The third-order valence-electron chi connectivity index (χ3n) is 2.39. The molecule has 86 valence electrons. The van der Waals surface area contributed by atoms with E-state index in [2.05, 4.69) is 0 Å². The molecule has 0 saturated heterocycles. The van der Waals surface area contributed by atoms with Crippen LogP contribution in [0.15, 0.2) is 24.3 Å². The summed E-state index contributed by atoms with van der Waals surface area (Å²) in [4.78, 5) is 16.1. The number of rotatable bonds is 1. The zero-order valence-corrected chi connectivity index (χ0v) is 10.2. The minimum atomic E-state index is -0.541. The second kappa shape index (κ2) is 4.52. The number of anilines is 1. The first-order valence-corrected chi connectivity index (χ1v) is 5.80. The van der Waals surface area contributed by atoms with Crippen LogP contribution in [-0.2, 0) is 16.1 Å². The summed E-state index contributed by atoms with van der Waals surface area (Å²) in [5, 5.41) is 1.09. The number of carbonyl (C=O) groups is 1. The summed E-state index contributed by atoms with van der Waals surface area (Å²) in [5.41, 5.74) is 1.29. The van der Waals surface area contributed by atoms with E-state index in [1.54, 1.807) is 0 Å². The fourth-order valence-corrected chi connectivity index (χ4v) is 2.23. The number of alkyl halides is 2. The predicted octanol–water partition coefficient (Wildman–Crippen LogP) is 2.70. The molecule has 0 fully saturated rings. The van der Waals surface area contributed by atoms with Crippen molar-refractivity contribution in [2.24, 2.45) is 0 Å². The molecule has 5 heteroatoms. The number of para-hydroxylation sites is 1. The van der Waals surface area contributed by atoms with Crippen LogP contribution in [0.3, 0.4) is 0 Å². The van der Waals surface area contributed by atoms with E-state index in [4.69, 9.17) is 28.0 Å². The molecule has 16 heavy (non-hydrogen) atoms. The van der Waals surface area contributed by atoms with E-state index < -0.39 is 11.5 Å². The van der Waals surface area contributed by atoms with Gasteiger partial charge in [0.1, 0.15) is 0 Å². The Hall–Kier alpha value is -0.930. The summed E-state index contributed by atoms with van der Waals surface area (Å²) < 4.78 is 0. The van der Waals surface area contributed by atoms with Crippen molar-refractivity contribution in [3.05, 3.63) is 29.8 Å². The van der Waals surface area contributed by atoms with Crippen LogP contribution in [0.25, 0.3) is 0 Å². The minimum absolute atomic E-state index is 0.282. The van der Waals surface area contributed by atoms with Crippen LogP contribution in [0.4, 0.5) is 5.69 Å². The predicted molar refractivity (Wildman–Crippen MR) is 63.7 cm³/mol. The van der Waals surface area contributed by atoms with Gasteiger partial charge in [0, 0.05) is 6.92 Å². The van der Waals surface area contributed by atoms with Crippen LogP contribution in [0.5, 0.6) is 0 Å². The van der Waals surface area contributed by atoms with Crippen molar-refractivity contribution >= 4 is 34.9 Å². The molecular formula is C11H11Cl2NO2. The molecule has 2 rings (SSSR count). The number of hydrogen-bond donors (Lipinski definition) is 0.